The van der Waals surface area contributed by atoms with E-state index in [1.54, 1.807) is 0 Å². The van der Waals surface area contributed by atoms with Crippen LogP contribution in [0.25, 0.3) is 0 Å². The van der Waals surface area contributed by atoms with Gasteiger partial charge in [0.2, 0.25) is 0 Å². The Kier molecular flexibility index (Phi) is 6.52. The van der Waals surface area contributed by atoms with Gasteiger partial charge in [0.1, 0.15) is 0 Å². The van der Waals surface area contributed by atoms with Crippen LogP contribution in [0.15, 0.2) is 12.3 Å². The third-order valence-electron chi connectivity index (χ3n) is 2.36. The Labute approximate surface area is 96.6 Å². The van der Waals surface area contributed by atoms with Crippen molar-refractivity contribution in [1.82, 2.24) is 15.1 Å². The summed E-state index contributed by atoms with van der Waals surface area (Å²) in [6, 6.07) is 2.08. The summed E-state index contributed by atoms with van der Waals surface area (Å²) in [5.74, 6) is 1.27. The normalized spacial score (nSPS) is 10.8. The molecule has 0 radical (unpaired) electrons. The molecule has 0 unspecified atom stereocenters. The first-order valence-electron chi connectivity index (χ1n) is 5.58. The maximum absolute atomic E-state index is 4.24. The lowest BCUT2D eigenvalue weighted by Crippen LogP contribution is -2.17. The molecule has 0 saturated carbocycles. The van der Waals surface area contributed by atoms with E-state index in [2.05, 4.69) is 29.7 Å². The van der Waals surface area contributed by atoms with Crippen molar-refractivity contribution in [2.45, 2.75) is 32.9 Å². The fourth-order valence-electron chi connectivity index (χ4n) is 1.51. The molecule has 4 heteroatoms. The topological polar surface area (TPSA) is 29.9 Å². The van der Waals surface area contributed by atoms with Crippen LogP contribution in [0.2, 0.25) is 0 Å². The Morgan fingerprint density at radius 2 is 2.33 bits per heavy atom. The average Bonchev–Trinajstić information content (AvgIpc) is 2.70. The maximum atomic E-state index is 4.24. The Morgan fingerprint density at radius 1 is 1.47 bits per heavy atom. The van der Waals surface area contributed by atoms with Gasteiger partial charge < -0.3 is 5.32 Å². The lowest BCUT2D eigenvalue weighted by Gasteiger charge is -2.06. The second-order valence-corrected chi connectivity index (χ2v) is 4.50. The summed E-state index contributed by atoms with van der Waals surface area (Å²) >= 11 is 1.92. The lowest BCUT2D eigenvalue weighted by atomic mass is 10.3. The smallest absolute Gasteiger partial charge is 0.0521 e. The van der Waals surface area contributed by atoms with E-state index in [1.807, 2.05) is 22.6 Å². The highest BCUT2D eigenvalue weighted by molar-refractivity contribution is 7.98. The van der Waals surface area contributed by atoms with Crippen LogP contribution in [0, 0.1) is 0 Å². The molecule has 15 heavy (non-hydrogen) atoms. The summed E-state index contributed by atoms with van der Waals surface area (Å²) in [5.41, 5.74) is 1.28. The molecule has 0 spiro atoms. The zero-order valence-corrected chi connectivity index (χ0v) is 10.5. The van der Waals surface area contributed by atoms with Gasteiger partial charge in [-0.25, -0.2) is 0 Å². The fourth-order valence-corrected chi connectivity index (χ4v) is 2.00. The summed E-state index contributed by atoms with van der Waals surface area (Å²) in [6.07, 6.45) is 6.60. The molecule has 1 aromatic heterocycles. The molecule has 1 N–H and O–H groups in total. The van der Waals surface area contributed by atoms with E-state index in [1.165, 1.54) is 24.3 Å². The summed E-state index contributed by atoms with van der Waals surface area (Å²) < 4.78 is 2.04. The van der Waals surface area contributed by atoms with Crippen molar-refractivity contribution in [2.75, 3.05) is 18.6 Å². The van der Waals surface area contributed by atoms with E-state index >= 15 is 0 Å². The number of nitrogens with zero attached hydrogens (tertiary/aromatic N) is 2. The van der Waals surface area contributed by atoms with Gasteiger partial charge in [-0.1, -0.05) is 0 Å². The maximum Gasteiger partial charge on any atom is 0.0521 e. The molecule has 0 amide bonds. The molecular weight excluding hydrogens is 206 g/mol. The van der Waals surface area contributed by atoms with E-state index in [-0.39, 0.29) is 0 Å². The molecule has 1 rings (SSSR count). The standard InChI is InChI=1S/C11H21N3S/c1-3-14-11(6-8-13-14)10-12-7-4-5-9-15-2/h6,8,12H,3-5,7,9-10H2,1-2H3. The number of rotatable bonds is 8. The Bertz CT molecular complexity index is 260. The molecule has 1 heterocycles. The number of aromatic nitrogens is 2. The van der Waals surface area contributed by atoms with Gasteiger partial charge in [-0.05, 0) is 44.4 Å². The zero-order valence-electron chi connectivity index (χ0n) is 9.70. The van der Waals surface area contributed by atoms with Crippen LogP contribution in [0.1, 0.15) is 25.5 Å². The van der Waals surface area contributed by atoms with Gasteiger partial charge in [0, 0.05) is 19.3 Å². The Morgan fingerprint density at radius 3 is 3.07 bits per heavy atom. The minimum absolute atomic E-state index is 0.938. The van der Waals surface area contributed by atoms with Gasteiger partial charge in [0.15, 0.2) is 0 Å². The van der Waals surface area contributed by atoms with E-state index in [9.17, 15) is 0 Å². The van der Waals surface area contributed by atoms with Crippen molar-refractivity contribution in [1.29, 1.82) is 0 Å². The molecule has 0 aliphatic heterocycles. The molecule has 0 bridgehead atoms. The van der Waals surface area contributed by atoms with Crippen molar-refractivity contribution in [3.8, 4) is 0 Å². The first-order chi connectivity index (χ1) is 7.38. The highest BCUT2D eigenvalue weighted by Gasteiger charge is 1.98. The van der Waals surface area contributed by atoms with Crippen LogP contribution < -0.4 is 5.32 Å². The van der Waals surface area contributed by atoms with Crippen LogP contribution in [0.4, 0.5) is 0 Å². The summed E-state index contributed by atoms with van der Waals surface area (Å²) in [5, 5.41) is 7.69. The molecule has 0 atom stereocenters. The highest BCUT2D eigenvalue weighted by atomic mass is 32.2. The van der Waals surface area contributed by atoms with E-state index < -0.39 is 0 Å². The first-order valence-corrected chi connectivity index (χ1v) is 6.98. The van der Waals surface area contributed by atoms with Gasteiger partial charge in [0.05, 0.1) is 5.69 Å². The van der Waals surface area contributed by atoms with Crippen molar-refractivity contribution in [3.05, 3.63) is 18.0 Å². The quantitative estimate of drug-likeness (QED) is 0.690. The van der Waals surface area contributed by atoms with Gasteiger partial charge in [0.25, 0.3) is 0 Å². The number of aryl methyl sites for hydroxylation is 1. The van der Waals surface area contributed by atoms with Crippen LogP contribution >= 0.6 is 11.8 Å². The molecular formula is C11H21N3S. The SMILES string of the molecule is CCn1nccc1CNCCCCSC. The van der Waals surface area contributed by atoms with Crippen molar-refractivity contribution < 1.29 is 0 Å². The number of hydrogen-bond acceptors (Lipinski definition) is 3. The lowest BCUT2D eigenvalue weighted by molar-refractivity contribution is 0.572. The number of unbranched alkanes of at least 4 members (excludes halogenated alkanes) is 1. The van der Waals surface area contributed by atoms with Crippen LogP contribution in [0.5, 0.6) is 0 Å². The molecule has 0 aromatic carbocycles. The summed E-state index contributed by atoms with van der Waals surface area (Å²) in [4.78, 5) is 0. The zero-order chi connectivity index (χ0) is 10.9. The second kappa shape index (κ2) is 7.77. The molecule has 0 aliphatic carbocycles. The van der Waals surface area contributed by atoms with Gasteiger partial charge in [-0.3, -0.25) is 4.68 Å². The number of hydrogen-bond donors (Lipinski definition) is 1. The van der Waals surface area contributed by atoms with Gasteiger partial charge >= 0.3 is 0 Å². The van der Waals surface area contributed by atoms with Gasteiger partial charge in [-0.15, -0.1) is 0 Å². The monoisotopic (exact) mass is 227 g/mol. The summed E-state index contributed by atoms with van der Waals surface area (Å²) in [7, 11) is 0. The minimum Gasteiger partial charge on any atom is -0.311 e. The Balaban J connectivity index is 2.09. The predicted octanol–water partition coefficient (Wildman–Crippen LogP) is 2.14. The molecule has 3 nitrogen and oxygen atoms in total. The third-order valence-corrected chi connectivity index (χ3v) is 3.06. The van der Waals surface area contributed by atoms with Gasteiger partial charge in [-0.2, -0.15) is 16.9 Å². The van der Waals surface area contributed by atoms with Crippen LogP contribution in [-0.4, -0.2) is 28.3 Å². The number of nitrogens with one attached hydrogen (secondary N) is 1. The van der Waals surface area contributed by atoms with Crippen molar-refractivity contribution >= 4 is 11.8 Å². The van der Waals surface area contributed by atoms with E-state index in [4.69, 9.17) is 0 Å². The van der Waals surface area contributed by atoms with Crippen LogP contribution in [-0.2, 0) is 13.1 Å². The Hall–Kier alpha value is -0.480. The minimum atomic E-state index is 0.938. The third kappa shape index (κ3) is 4.71. The highest BCUT2D eigenvalue weighted by Crippen LogP contribution is 2.00. The molecule has 0 saturated heterocycles. The molecule has 1 aromatic rings. The first kappa shape index (κ1) is 12.6. The fraction of sp³-hybridized carbons (Fsp3) is 0.727. The largest absolute Gasteiger partial charge is 0.311 e. The average molecular weight is 227 g/mol. The number of thioether (sulfide) groups is 1. The van der Waals surface area contributed by atoms with E-state index in [0.29, 0.717) is 0 Å². The molecule has 0 aliphatic rings. The van der Waals surface area contributed by atoms with Crippen molar-refractivity contribution in [2.24, 2.45) is 0 Å². The predicted molar refractivity (Wildman–Crippen MR) is 67.2 cm³/mol. The molecule has 86 valence electrons. The van der Waals surface area contributed by atoms with Crippen molar-refractivity contribution in [3.63, 3.8) is 0 Å². The second-order valence-electron chi connectivity index (χ2n) is 3.51. The summed E-state index contributed by atoms with van der Waals surface area (Å²) in [6.45, 7) is 5.12. The molecule has 0 fully saturated rings. The van der Waals surface area contributed by atoms with Crippen LogP contribution in [0.3, 0.4) is 0 Å². The van der Waals surface area contributed by atoms with E-state index in [0.717, 1.165) is 19.6 Å².